The van der Waals surface area contributed by atoms with Crippen LogP contribution < -0.4 is 5.73 Å². The Labute approximate surface area is 76.8 Å². The normalized spacial score (nSPS) is 14.2. The number of benzene rings is 1. The lowest BCUT2D eigenvalue weighted by Gasteiger charge is -2.17. The molecule has 13 heavy (non-hydrogen) atoms. The first-order valence-corrected chi connectivity index (χ1v) is 3.88. The summed E-state index contributed by atoms with van der Waals surface area (Å²) in [6, 6.07) is 10.7. The Morgan fingerprint density at radius 1 is 1.46 bits per heavy atom. The average Bonchev–Trinajstić information content (AvgIpc) is 2.17. The fourth-order valence-electron chi connectivity index (χ4n) is 1.03. The molecule has 1 rings (SSSR count). The molecule has 0 aromatic heterocycles. The molecule has 0 bridgehead atoms. The number of hydrogen-bond acceptors (Lipinski definition) is 2. The second-order valence-corrected chi connectivity index (χ2v) is 2.97. The maximum Gasteiger partial charge on any atom is 0.242 e. The molecule has 3 heteroatoms. The van der Waals surface area contributed by atoms with Gasteiger partial charge in [0.1, 0.15) is 0 Å². The van der Waals surface area contributed by atoms with Gasteiger partial charge in [-0.3, -0.25) is 4.79 Å². The van der Waals surface area contributed by atoms with Crippen molar-refractivity contribution in [3.63, 3.8) is 0 Å². The summed E-state index contributed by atoms with van der Waals surface area (Å²) in [5.41, 5.74) is 4.56. The first-order valence-electron chi connectivity index (χ1n) is 3.88. The smallest absolute Gasteiger partial charge is 0.242 e. The van der Waals surface area contributed by atoms with Crippen LogP contribution in [0.15, 0.2) is 30.3 Å². The lowest BCUT2D eigenvalue weighted by Crippen LogP contribution is -2.36. The van der Waals surface area contributed by atoms with E-state index in [9.17, 15) is 4.79 Å². The minimum Gasteiger partial charge on any atom is -0.368 e. The van der Waals surface area contributed by atoms with E-state index in [-0.39, 0.29) is 0 Å². The number of amides is 1. The van der Waals surface area contributed by atoms with Crippen LogP contribution in [0, 0.1) is 11.3 Å². The van der Waals surface area contributed by atoms with Crippen molar-refractivity contribution in [2.45, 2.75) is 12.3 Å². The van der Waals surface area contributed by atoms with Crippen LogP contribution in [0.1, 0.15) is 12.5 Å². The number of rotatable bonds is 2. The Hall–Kier alpha value is -1.82. The van der Waals surface area contributed by atoms with Gasteiger partial charge in [0.05, 0.1) is 6.07 Å². The maximum atomic E-state index is 11.1. The number of nitrogens with zero attached hydrogens (tertiary/aromatic N) is 1. The van der Waals surface area contributed by atoms with Gasteiger partial charge < -0.3 is 5.73 Å². The van der Waals surface area contributed by atoms with Crippen LogP contribution in [-0.2, 0) is 10.2 Å². The van der Waals surface area contributed by atoms with Crippen molar-refractivity contribution in [1.29, 1.82) is 5.26 Å². The third-order valence-electron chi connectivity index (χ3n) is 2.07. The van der Waals surface area contributed by atoms with Crippen molar-refractivity contribution in [1.82, 2.24) is 0 Å². The molecule has 1 unspecified atom stereocenters. The molecule has 1 amide bonds. The number of primary amides is 1. The van der Waals surface area contributed by atoms with Gasteiger partial charge in [-0.1, -0.05) is 30.3 Å². The summed E-state index contributed by atoms with van der Waals surface area (Å²) in [5, 5.41) is 8.86. The number of carbonyl (C=O) groups is 1. The van der Waals surface area contributed by atoms with Crippen molar-refractivity contribution >= 4 is 5.91 Å². The number of nitriles is 1. The summed E-state index contributed by atoms with van der Waals surface area (Å²) in [6.45, 7) is 1.52. The van der Waals surface area contributed by atoms with Crippen LogP contribution in [-0.4, -0.2) is 5.91 Å². The molecule has 3 nitrogen and oxygen atoms in total. The molecule has 0 spiro atoms. The van der Waals surface area contributed by atoms with Gasteiger partial charge in [0.15, 0.2) is 5.41 Å². The van der Waals surface area contributed by atoms with Gasteiger partial charge in [0.2, 0.25) is 5.91 Å². The summed E-state index contributed by atoms with van der Waals surface area (Å²) >= 11 is 0. The minimum absolute atomic E-state index is 0.624. The topological polar surface area (TPSA) is 66.9 Å². The lowest BCUT2D eigenvalue weighted by atomic mass is 9.83. The molecule has 0 radical (unpaired) electrons. The predicted molar refractivity (Wildman–Crippen MR) is 48.6 cm³/mol. The van der Waals surface area contributed by atoms with Gasteiger partial charge in [-0.15, -0.1) is 0 Å². The molecule has 1 aromatic rings. The van der Waals surface area contributed by atoms with Gasteiger partial charge >= 0.3 is 0 Å². The maximum absolute atomic E-state index is 11.1. The zero-order valence-corrected chi connectivity index (χ0v) is 7.32. The number of carbonyl (C=O) groups excluding carboxylic acids is 1. The molecule has 2 N–H and O–H groups in total. The van der Waals surface area contributed by atoms with Crippen molar-refractivity contribution in [2.24, 2.45) is 5.73 Å². The van der Waals surface area contributed by atoms with Gasteiger partial charge in [-0.25, -0.2) is 0 Å². The van der Waals surface area contributed by atoms with E-state index in [4.69, 9.17) is 11.0 Å². The number of hydrogen-bond donors (Lipinski definition) is 1. The van der Waals surface area contributed by atoms with Gasteiger partial charge in [-0.2, -0.15) is 5.26 Å². The number of nitrogens with two attached hydrogens (primary N) is 1. The van der Waals surface area contributed by atoms with Crippen LogP contribution in [0.2, 0.25) is 0 Å². The van der Waals surface area contributed by atoms with E-state index in [1.54, 1.807) is 24.3 Å². The van der Waals surface area contributed by atoms with Gasteiger partial charge in [0.25, 0.3) is 0 Å². The van der Waals surface area contributed by atoms with E-state index in [1.807, 2.05) is 12.1 Å². The predicted octanol–water partition coefficient (Wildman–Crippen LogP) is 0.953. The van der Waals surface area contributed by atoms with Crippen LogP contribution >= 0.6 is 0 Å². The largest absolute Gasteiger partial charge is 0.368 e. The van der Waals surface area contributed by atoms with E-state index in [1.165, 1.54) is 6.92 Å². The third-order valence-corrected chi connectivity index (χ3v) is 2.07. The van der Waals surface area contributed by atoms with E-state index >= 15 is 0 Å². The molecular weight excluding hydrogens is 164 g/mol. The highest BCUT2D eigenvalue weighted by Gasteiger charge is 2.32. The monoisotopic (exact) mass is 174 g/mol. The molecule has 1 aromatic carbocycles. The molecule has 1 atom stereocenters. The minimum atomic E-state index is -1.22. The fraction of sp³-hybridized carbons (Fsp3) is 0.200. The summed E-state index contributed by atoms with van der Waals surface area (Å²) in [7, 11) is 0. The van der Waals surface area contributed by atoms with E-state index < -0.39 is 11.3 Å². The molecule has 0 heterocycles. The quantitative estimate of drug-likeness (QED) is 0.725. The van der Waals surface area contributed by atoms with Crippen molar-refractivity contribution < 1.29 is 4.79 Å². The van der Waals surface area contributed by atoms with E-state index in [0.29, 0.717) is 5.56 Å². The highest BCUT2D eigenvalue weighted by Crippen LogP contribution is 2.21. The highest BCUT2D eigenvalue weighted by molar-refractivity contribution is 5.89. The average molecular weight is 174 g/mol. The molecule has 0 fully saturated rings. The summed E-state index contributed by atoms with van der Waals surface area (Å²) in [4.78, 5) is 11.1. The lowest BCUT2D eigenvalue weighted by molar-refractivity contribution is -0.121. The van der Waals surface area contributed by atoms with E-state index in [0.717, 1.165) is 0 Å². The molecule has 0 aliphatic carbocycles. The summed E-state index contributed by atoms with van der Waals surface area (Å²) in [6.07, 6.45) is 0. The Balaban J connectivity index is 3.21. The molecule has 0 saturated heterocycles. The third kappa shape index (κ3) is 1.52. The molecule has 0 aliphatic heterocycles. The SMILES string of the molecule is CC(C#N)(C(N)=O)c1ccccc1. The first kappa shape index (κ1) is 9.27. The summed E-state index contributed by atoms with van der Waals surface area (Å²) < 4.78 is 0. The standard InChI is InChI=1S/C10H10N2O/c1-10(7-11,9(12)13)8-5-3-2-4-6-8/h2-6H,1H3,(H2,12,13). The van der Waals surface area contributed by atoms with Gasteiger partial charge in [0, 0.05) is 0 Å². The Kier molecular flexibility index (Phi) is 2.34. The first-order chi connectivity index (χ1) is 6.11. The Morgan fingerprint density at radius 2 is 2.00 bits per heavy atom. The van der Waals surface area contributed by atoms with Crippen LogP contribution in [0.4, 0.5) is 0 Å². The second-order valence-electron chi connectivity index (χ2n) is 2.97. The van der Waals surface area contributed by atoms with Crippen LogP contribution in [0.25, 0.3) is 0 Å². The van der Waals surface area contributed by atoms with Crippen LogP contribution in [0.5, 0.6) is 0 Å². The zero-order chi connectivity index (χ0) is 9.90. The van der Waals surface area contributed by atoms with Crippen molar-refractivity contribution in [3.05, 3.63) is 35.9 Å². The van der Waals surface area contributed by atoms with Crippen molar-refractivity contribution in [2.75, 3.05) is 0 Å². The molecule has 66 valence electrons. The Morgan fingerprint density at radius 3 is 2.38 bits per heavy atom. The summed E-state index contributed by atoms with van der Waals surface area (Å²) in [5.74, 6) is -0.624. The second kappa shape index (κ2) is 3.28. The zero-order valence-electron chi connectivity index (χ0n) is 7.32. The molecular formula is C10H10N2O. The molecule has 0 saturated carbocycles. The highest BCUT2D eigenvalue weighted by atomic mass is 16.1. The van der Waals surface area contributed by atoms with E-state index in [2.05, 4.69) is 0 Å². The molecule has 0 aliphatic rings. The van der Waals surface area contributed by atoms with Crippen LogP contribution in [0.3, 0.4) is 0 Å². The Bertz CT molecular complexity index is 353. The fourth-order valence-corrected chi connectivity index (χ4v) is 1.03. The van der Waals surface area contributed by atoms with Gasteiger partial charge in [-0.05, 0) is 12.5 Å². The van der Waals surface area contributed by atoms with Crippen molar-refractivity contribution in [3.8, 4) is 6.07 Å².